The van der Waals surface area contributed by atoms with Gasteiger partial charge in [0, 0.05) is 19.3 Å². The molecule has 16 nitrogen and oxygen atoms in total. The summed E-state index contributed by atoms with van der Waals surface area (Å²) < 4.78 is 60.8. The highest BCUT2D eigenvalue weighted by Gasteiger charge is 2.29. The van der Waals surface area contributed by atoms with Crippen LogP contribution < -0.4 is 0 Å². The van der Waals surface area contributed by atoms with Crippen molar-refractivity contribution in [2.75, 3.05) is 39.6 Å². The molecule has 0 aliphatic carbocycles. The molecule has 5 atom stereocenters. The Balaban J connectivity index is 4.66. The number of aliphatic hydroxyl groups excluding tert-OH is 2. The van der Waals surface area contributed by atoms with E-state index in [2.05, 4.69) is 142 Å². The molecule has 0 heterocycles. The summed E-state index contributed by atoms with van der Waals surface area (Å²) in [6.45, 7) is 2.43. The van der Waals surface area contributed by atoms with E-state index < -0.39 is 91.5 Å². The number of hydrogen-bond donors (Lipinski definition) is 4. The molecule has 89 heavy (non-hydrogen) atoms. The topological polar surface area (TPSA) is 231 Å². The predicted octanol–water partition coefficient (Wildman–Crippen LogP) is 18.6. The first-order valence-corrected chi connectivity index (χ1v) is 36.8. The lowest BCUT2D eigenvalue weighted by molar-refractivity contribution is -0.161. The molecule has 18 heteroatoms. The molecule has 0 bridgehead atoms. The molecule has 0 aromatic heterocycles. The summed E-state index contributed by atoms with van der Waals surface area (Å²) in [6.07, 6.45) is 72.6. The van der Waals surface area contributed by atoms with Crippen LogP contribution in [0.2, 0.25) is 0 Å². The molecule has 0 radical (unpaired) electrons. The number of carbonyl (C=O) groups is 3. The van der Waals surface area contributed by atoms with Crippen LogP contribution in [0, 0.1) is 0 Å². The summed E-state index contributed by atoms with van der Waals surface area (Å²) in [7, 11) is -9.79. The van der Waals surface area contributed by atoms with E-state index in [1.54, 1.807) is 0 Å². The number of allylic oxidation sites excluding steroid dienone is 20. The van der Waals surface area contributed by atoms with Crippen molar-refractivity contribution >= 4 is 33.6 Å². The van der Waals surface area contributed by atoms with Gasteiger partial charge in [0.1, 0.15) is 25.4 Å². The van der Waals surface area contributed by atoms with Gasteiger partial charge in [0.25, 0.3) is 0 Å². The van der Waals surface area contributed by atoms with Crippen molar-refractivity contribution in [3.63, 3.8) is 0 Å². The van der Waals surface area contributed by atoms with Gasteiger partial charge < -0.3 is 34.2 Å². The smallest absolute Gasteiger partial charge is 0.463 e. The highest BCUT2D eigenvalue weighted by molar-refractivity contribution is 7.47. The number of rotatable bonds is 63. The van der Waals surface area contributed by atoms with Crippen molar-refractivity contribution in [3.05, 3.63) is 122 Å². The van der Waals surface area contributed by atoms with Crippen LogP contribution in [0.5, 0.6) is 0 Å². The van der Waals surface area contributed by atoms with E-state index in [1.807, 2.05) is 0 Å². The van der Waals surface area contributed by atoms with Crippen LogP contribution in [0.15, 0.2) is 122 Å². The molecule has 0 amide bonds. The summed E-state index contributed by atoms with van der Waals surface area (Å²) in [6, 6.07) is 0. The van der Waals surface area contributed by atoms with Crippen LogP contribution >= 0.6 is 15.6 Å². The second kappa shape index (κ2) is 64.1. The van der Waals surface area contributed by atoms with Crippen LogP contribution in [0.4, 0.5) is 0 Å². The van der Waals surface area contributed by atoms with Gasteiger partial charge in [-0.2, -0.15) is 0 Å². The molecule has 0 spiro atoms. The molecule has 0 fully saturated rings. The first-order valence-electron chi connectivity index (χ1n) is 33.8. The summed E-state index contributed by atoms with van der Waals surface area (Å²) in [4.78, 5) is 58.3. The van der Waals surface area contributed by atoms with E-state index in [-0.39, 0.29) is 19.3 Å². The summed E-state index contributed by atoms with van der Waals surface area (Å²) in [5, 5.41) is 20.5. The molecule has 510 valence electrons. The molecular formula is C71H120O16P2. The quantitative estimate of drug-likeness (QED) is 0.0146. The largest absolute Gasteiger partial charge is 0.472 e. The SMILES string of the molecule is CC/C=C\C/C=C\C/C=C\C/C=C\C/C=C\C/C=C\CCCCC(=O)OCC(O)COP(=O)(O)OCC(O)COP(=O)(O)OCC(COC(=O)CCCCCCC/C=C\C/C=C\C/C=C\C/C=C\CCCCC)OC(=O)CCCCCCCCCCCCC. The van der Waals surface area contributed by atoms with E-state index in [0.717, 1.165) is 128 Å². The number of carbonyl (C=O) groups excluding carboxylic acids is 3. The molecule has 0 aliphatic rings. The molecule has 4 N–H and O–H groups in total. The van der Waals surface area contributed by atoms with E-state index in [1.165, 1.54) is 64.2 Å². The Labute approximate surface area is 538 Å². The van der Waals surface area contributed by atoms with Gasteiger partial charge in [-0.25, -0.2) is 9.13 Å². The lowest BCUT2D eigenvalue weighted by Gasteiger charge is -2.21. The van der Waals surface area contributed by atoms with Crippen molar-refractivity contribution < 1.29 is 75.8 Å². The molecule has 5 unspecified atom stereocenters. The Kier molecular flexibility index (Phi) is 61.2. The fourth-order valence-electron chi connectivity index (χ4n) is 8.50. The molecular weight excluding hydrogens is 1170 g/mol. The molecule has 0 aromatic rings. The maximum atomic E-state index is 12.9. The number of unbranched alkanes of at least 4 members (excludes halogenated alkanes) is 20. The Morgan fingerprint density at radius 2 is 0.596 bits per heavy atom. The van der Waals surface area contributed by atoms with E-state index in [9.17, 15) is 43.5 Å². The van der Waals surface area contributed by atoms with Gasteiger partial charge in [-0.1, -0.05) is 239 Å². The van der Waals surface area contributed by atoms with Gasteiger partial charge in [-0.05, 0) is 116 Å². The summed E-state index contributed by atoms with van der Waals surface area (Å²) >= 11 is 0. The molecule has 0 rings (SSSR count). The second-order valence-corrected chi connectivity index (χ2v) is 25.2. The van der Waals surface area contributed by atoms with Crippen molar-refractivity contribution in [1.29, 1.82) is 0 Å². The lowest BCUT2D eigenvalue weighted by atomic mass is 10.1. The highest BCUT2D eigenvalue weighted by atomic mass is 31.2. The third-order valence-corrected chi connectivity index (χ3v) is 15.6. The molecule has 0 aliphatic heterocycles. The minimum atomic E-state index is -4.93. The van der Waals surface area contributed by atoms with Crippen molar-refractivity contribution in [2.24, 2.45) is 0 Å². The van der Waals surface area contributed by atoms with Gasteiger partial charge in [-0.15, -0.1) is 0 Å². The maximum absolute atomic E-state index is 12.9. The molecule has 0 aromatic carbocycles. The number of aliphatic hydroxyl groups is 2. The zero-order valence-electron chi connectivity index (χ0n) is 55.1. The fraction of sp³-hybridized carbons (Fsp3) is 0.676. The summed E-state index contributed by atoms with van der Waals surface area (Å²) in [5.41, 5.74) is 0. The van der Waals surface area contributed by atoms with Crippen LogP contribution in [-0.2, 0) is 55.8 Å². The minimum absolute atomic E-state index is 0.0987. The number of esters is 3. The number of ether oxygens (including phenoxy) is 3. The number of phosphoric acid groups is 2. The average Bonchev–Trinajstić information content (AvgIpc) is 3.64. The Morgan fingerprint density at radius 3 is 0.989 bits per heavy atom. The molecule has 0 saturated heterocycles. The van der Waals surface area contributed by atoms with Crippen molar-refractivity contribution in [1.82, 2.24) is 0 Å². The van der Waals surface area contributed by atoms with E-state index in [4.69, 9.17) is 32.3 Å². The maximum Gasteiger partial charge on any atom is 0.472 e. The Bertz CT molecular complexity index is 2110. The third kappa shape index (κ3) is 65.3. The van der Waals surface area contributed by atoms with E-state index in [0.29, 0.717) is 19.3 Å². The van der Waals surface area contributed by atoms with Gasteiger partial charge in [0.15, 0.2) is 6.10 Å². The fourth-order valence-corrected chi connectivity index (χ4v) is 10.1. The van der Waals surface area contributed by atoms with Gasteiger partial charge in [0.2, 0.25) is 0 Å². The number of hydrogen-bond acceptors (Lipinski definition) is 14. The molecule has 0 saturated carbocycles. The first-order chi connectivity index (χ1) is 43.2. The van der Waals surface area contributed by atoms with Crippen molar-refractivity contribution in [3.8, 4) is 0 Å². The van der Waals surface area contributed by atoms with E-state index >= 15 is 0 Å². The number of phosphoric ester groups is 2. The van der Waals surface area contributed by atoms with Crippen LogP contribution in [-0.4, -0.2) is 95.9 Å². The normalized spacial score (nSPS) is 15.0. The van der Waals surface area contributed by atoms with Gasteiger partial charge >= 0.3 is 33.6 Å². The van der Waals surface area contributed by atoms with Crippen LogP contribution in [0.25, 0.3) is 0 Å². The van der Waals surface area contributed by atoms with Crippen molar-refractivity contribution in [2.45, 2.75) is 270 Å². The second-order valence-electron chi connectivity index (χ2n) is 22.2. The average molecular weight is 1290 g/mol. The Morgan fingerprint density at radius 1 is 0.326 bits per heavy atom. The zero-order valence-corrected chi connectivity index (χ0v) is 56.8. The van der Waals surface area contributed by atoms with Gasteiger partial charge in [0.05, 0.1) is 26.4 Å². The zero-order chi connectivity index (χ0) is 65.3. The first kappa shape index (κ1) is 85.0. The Hall–Kier alpha value is -4.05. The highest BCUT2D eigenvalue weighted by Crippen LogP contribution is 2.45. The minimum Gasteiger partial charge on any atom is -0.463 e. The lowest BCUT2D eigenvalue weighted by Crippen LogP contribution is -2.30. The van der Waals surface area contributed by atoms with Gasteiger partial charge in [-0.3, -0.25) is 32.5 Å². The third-order valence-electron chi connectivity index (χ3n) is 13.7. The predicted molar refractivity (Wildman–Crippen MR) is 362 cm³/mol. The van der Waals surface area contributed by atoms with Crippen LogP contribution in [0.3, 0.4) is 0 Å². The monoisotopic (exact) mass is 1290 g/mol. The van der Waals surface area contributed by atoms with Crippen LogP contribution in [0.1, 0.15) is 252 Å². The summed E-state index contributed by atoms with van der Waals surface area (Å²) in [5.74, 6) is -1.64. The standard InChI is InChI=1S/C71H120O16P2/c1-4-7-10-13-16-19-22-24-26-28-30-32-34-36-38-40-43-45-48-51-54-57-69(74)81-60-66(72)61-83-88(77,78)84-62-67(73)63-85-89(79,80)86-65-68(87-71(76)59-56-53-50-47-42-21-18-15-12-9-6-3)64-82-70(75)58-55-52-49-46-44-41-39-37-35-33-31-29-27-25-23-20-17-14-11-8-5-2/h7,10,16-17,19-20,24-27,30-33,36-39,43,45,66-68,72-73H,4-6,8-9,11-15,18,21-23,28-29,34-35,40-42,44,46-65H2,1-3H3,(H,77,78)(H,79,80)/b10-7-,19-16-,20-17-,26-24-,27-25-,32-30-,33-31-,38-36-,39-37-,45-43-.